The third-order valence-electron chi connectivity index (χ3n) is 3.43. The molecular formula is C15H22ClN3O. The summed E-state index contributed by atoms with van der Waals surface area (Å²) in [6.07, 6.45) is 3.21. The van der Waals surface area contributed by atoms with E-state index < -0.39 is 0 Å². The average Bonchev–Trinajstić information content (AvgIpc) is 3.25. The number of hydrogen-bond donors (Lipinski definition) is 1. The maximum Gasteiger partial charge on any atom is 0.191 e. The molecule has 0 spiro atoms. The number of hydrogen-bond acceptors (Lipinski definition) is 2. The molecule has 0 amide bonds. The first-order valence-corrected chi connectivity index (χ1v) is 7.43. The third kappa shape index (κ3) is 4.04. The van der Waals surface area contributed by atoms with Gasteiger partial charge in [-0.2, -0.15) is 0 Å². The maximum atomic E-state index is 6.03. The molecule has 110 valence electrons. The summed E-state index contributed by atoms with van der Waals surface area (Å²) >= 11 is 6.03. The molecular weight excluding hydrogens is 274 g/mol. The zero-order chi connectivity index (χ0) is 14.5. The van der Waals surface area contributed by atoms with Crippen molar-refractivity contribution in [2.75, 3.05) is 20.2 Å². The lowest BCUT2D eigenvalue weighted by Crippen LogP contribution is -2.35. The van der Waals surface area contributed by atoms with Crippen molar-refractivity contribution < 1.29 is 4.74 Å². The van der Waals surface area contributed by atoms with E-state index >= 15 is 0 Å². The predicted octanol–water partition coefficient (Wildman–Crippen LogP) is 2.69. The van der Waals surface area contributed by atoms with Crippen molar-refractivity contribution in [1.82, 2.24) is 4.90 Å². The summed E-state index contributed by atoms with van der Waals surface area (Å²) in [6, 6.07) is 6.27. The van der Waals surface area contributed by atoms with Crippen LogP contribution in [-0.4, -0.2) is 37.1 Å². The predicted molar refractivity (Wildman–Crippen MR) is 83.6 cm³/mol. The van der Waals surface area contributed by atoms with E-state index in [1.165, 1.54) is 12.8 Å². The van der Waals surface area contributed by atoms with Crippen LogP contribution in [0.5, 0.6) is 5.75 Å². The monoisotopic (exact) mass is 295 g/mol. The van der Waals surface area contributed by atoms with Gasteiger partial charge in [0.25, 0.3) is 0 Å². The molecule has 0 heterocycles. The molecule has 1 aromatic rings. The molecule has 0 saturated heterocycles. The highest BCUT2D eigenvalue weighted by Gasteiger charge is 2.27. The molecule has 4 nitrogen and oxygen atoms in total. The van der Waals surface area contributed by atoms with Crippen LogP contribution in [0.25, 0.3) is 0 Å². The maximum absolute atomic E-state index is 6.03. The molecule has 0 bridgehead atoms. The molecule has 0 unspecified atom stereocenters. The Hall–Kier alpha value is -1.42. The zero-order valence-electron chi connectivity index (χ0n) is 12.1. The summed E-state index contributed by atoms with van der Waals surface area (Å²) in [7, 11) is 2.00. The number of rotatable bonds is 6. The fraction of sp³-hybridized carbons (Fsp3) is 0.533. The van der Waals surface area contributed by atoms with E-state index in [4.69, 9.17) is 22.1 Å². The van der Waals surface area contributed by atoms with Gasteiger partial charge in [0.1, 0.15) is 5.75 Å². The Morgan fingerprint density at radius 3 is 2.90 bits per heavy atom. The van der Waals surface area contributed by atoms with Crippen LogP contribution < -0.4 is 10.5 Å². The van der Waals surface area contributed by atoms with E-state index in [2.05, 4.69) is 9.89 Å². The van der Waals surface area contributed by atoms with E-state index in [9.17, 15) is 0 Å². The largest absolute Gasteiger partial charge is 0.494 e. The van der Waals surface area contributed by atoms with Crippen LogP contribution in [0, 0.1) is 0 Å². The first-order chi connectivity index (χ1) is 9.61. The lowest BCUT2D eigenvalue weighted by Gasteiger charge is -2.17. The summed E-state index contributed by atoms with van der Waals surface area (Å²) < 4.78 is 5.60. The molecule has 0 atom stereocenters. The molecule has 1 fully saturated rings. The highest BCUT2D eigenvalue weighted by atomic mass is 35.5. The van der Waals surface area contributed by atoms with Crippen molar-refractivity contribution in [3.05, 3.63) is 28.8 Å². The second-order valence-corrected chi connectivity index (χ2v) is 5.45. The molecule has 20 heavy (non-hydrogen) atoms. The van der Waals surface area contributed by atoms with Gasteiger partial charge in [-0.3, -0.25) is 4.99 Å². The van der Waals surface area contributed by atoms with E-state index in [1.54, 1.807) is 0 Å². The Morgan fingerprint density at radius 2 is 2.25 bits per heavy atom. The number of guanidine groups is 1. The van der Waals surface area contributed by atoms with Gasteiger partial charge < -0.3 is 15.4 Å². The lowest BCUT2D eigenvalue weighted by molar-refractivity contribution is 0.336. The molecule has 2 rings (SSSR count). The van der Waals surface area contributed by atoms with E-state index in [0.717, 1.165) is 22.8 Å². The Bertz CT molecular complexity index is 486. The summed E-state index contributed by atoms with van der Waals surface area (Å²) in [5, 5.41) is 0.718. The second kappa shape index (κ2) is 6.84. The Kier molecular flexibility index (Phi) is 5.12. The van der Waals surface area contributed by atoms with Gasteiger partial charge >= 0.3 is 0 Å². The van der Waals surface area contributed by atoms with Gasteiger partial charge in [0.15, 0.2) is 5.96 Å². The van der Waals surface area contributed by atoms with Crippen LogP contribution in [0.3, 0.4) is 0 Å². The molecule has 1 saturated carbocycles. The third-order valence-corrected chi connectivity index (χ3v) is 3.67. The SMILES string of the molecule is CCOc1ccc(Cl)cc1CCN=C(N)N(C)C1CC1. The van der Waals surface area contributed by atoms with Gasteiger partial charge in [-0.05, 0) is 49.9 Å². The molecule has 0 radical (unpaired) electrons. The van der Waals surface area contributed by atoms with Crippen LogP contribution in [-0.2, 0) is 6.42 Å². The smallest absolute Gasteiger partial charge is 0.191 e. The first-order valence-electron chi connectivity index (χ1n) is 7.05. The summed E-state index contributed by atoms with van der Waals surface area (Å²) in [5.74, 6) is 1.49. The average molecular weight is 296 g/mol. The quantitative estimate of drug-likeness (QED) is 0.648. The van der Waals surface area contributed by atoms with E-state index in [0.29, 0.717) is 25.2 Å². The number of ether oxygens (including phenoxy) is 1. The van der Waals surface area contributed by atoms with Crippen LogP contribution >= 0.6 is 11.6 Å². The summed E-state index contributed by atoms with van der Waals surface area (Å²) in [4.78, 5) is 6.49. The van der Waals surface area contributed by atoms with Gasteiger partial charge in [-0.15, -0.1) is 0 Å². The lowest BCUT2D eigenvalue weighted by atomic mass is 10.1. The Labute approximate surface area is 125 Å². The van der Waals surface area contributed by atoms with Gasteiger partial charge in [0.05, 0.1) is 6.61 Å². The highest BCUT2D eigenvalue weighted by Crippen LogP contribution is 2.25. The van der Waals surface area contributed by atoms with Crippen LogP contribution in [0.1, 0.15) is 25.3 Å². The second-order valence-electron chi connectivity index (χ2n) is 5.02. The van der Waals surface area contributed by atoms with Crippen molar-refractivity contribution in [3.8, 4) is 5.75 Å². The van der Waals surface area contributed by atoms with Crippen LogP contribution in [0.4, 0.5) is 0 Å². The molecule has 1 aliphatic carbocycles. The normalized spacial score (nSPS) is 15.2. The van der Waals surface area contributed by atoms with E-state index in [1.807, 2.05) is 32.2 Å². The fourth-order valence-electron chi connectivity index (χ4n) is 2.09. The fourth-order valence-corrected chi connectivity index (χ4v) is 2.29. The number of nitrogens with zero attached hydrogens (tertiary/aromatic N) is 2. The van der Waals surface area contributed by atoms with Crippen LogP contribution in [0.15, 0.2) is 23.2 Å². The van der Waals surface area contributed by atoms with Gasteiger partial charge in [0.2, 0.25) is 0 Å². The molecule has 0 aliphatic heterocycles. The molecule has 1 aromatic carbocycles. The molecule has 1 aliphatic rings. The number of nitrogens with two attached hydrogens (primary N) is 1. The van der Waals surface area contributed by atoms with Crippen molar-refractivity contribution in [1.29, 1.82) is 0 Å². The summed E-state index contributed by atoms with van der Waals surface area (Å²) in [5.41, 5.74) is 7.04. The van der Waals surface area contributed by atoms with Gasteiger partial charge in [0, 0.05) is 24.7 Å². The number of aliphatic imine (C=N–C) groups is 1. The van der Waals surface area contributed by atoms with Crippen molar-refractivity contribution in [3.63, 3.8) is 0 Å². The molecule has 5 heteroatoms. The Balaban J connectivity index is 1.95. The number of benzene rings is 1. The van der Waals surface area contributed by atoms with Gasteiger partial charge in [-0.25, -0.2) is 0 Å². The molecule has 2 N–H and O–H groups in total. The minimum Gasteiger partial charge on any atom is -0.494 e. The van der Waals surface area contributed by atoms with Crippen LogP contribution in [0.2, 0.25) is 5.02 Å². The minimum atomic E-state index is 0.587. The van der Waals surface area contributed by atoms with Crippen molar-refractivity contribution in [2.45, 2.75) is 32.2 Å². The highest BCUT2D eigenvalue weighted by molar-refractivity contribution is 6.30. The summed E-state index contributed by atoms with van der Waals surface area (Å²) in [6.45, 7) is 3.26. The molecule has 0 aromatic heterocycles. The topological polar surface area (TPSA) is 50.9 Å². The standard InChI is InChI=1S/C15H22ClN3O/c1-3-20-14-7-4-12(16)10-11(14)8-9-18-15(17)19(2)13-5-6-13/h4,7,10,13H,3,5-6,8-9H2,1-2H3,(H2,17,18). The first kappa shape index (κ1) is 15.0. The zero-order valence-corrected chi connectivity index (χ0v) is 12.9. The minimum absolute atomic E-state index is 0.587. The number of halogens is 1. The van der Waals surface area contributed by atoms with Crippen molar-refractivity contribution >= 4 is 17.6 Å². The van der Waals surface area contributed by atoms with Gasteiger partial charge in [-0.1, -0.05) is 11.6 Å². The van der Waals surface area contributed by atoms with Crippen molar-refractivity contribution in [2.24, 2.45) is 10.7 Å². The van der Waals surface area contributed by atoms with E-state index in [-0.39, 0.29) is 0 Å². The Morgan fingerprint density at radius 1 is 1.50 bits per heavy atom.